The minimum absolute atomic E-state index is 0.0515. The first-order valence-electron chi connectivity index (χ1n) is 7.08. The first-order valence-corrected chi connectivity index (χ1v) is 7.49. The Bertz CT molecular complexity index is 818. The van der Waals surface area contributed by atoms with E-state index in [9.17, 15) is 23.3 Å². The summed E-state index contributed by atoms with van der Waals surface area (Å²) >= 11 is 5.05. The van der Waals surface area contributed by atoms with Crippen molar-refractivity contribution in [1.29, 1.82) is 0 Å². The largest absolute Gasteiger partial charge is 0.418 e. The van der Waals surface area contributed by atoms with Crippen LogP contribution in [0.25, 0.3) is 0 Å². The molecule has 0 aliphatic carbocycles. The number of nitro groups is 1. The van der Waals surface area contributed by atoms with Crippen LogP contribution in [0.4, 0.5) is 30.2 Å². The summed E-state index contributed by atoms with van der Waals surface area (Å²) in [6.45, 7) is 3.76. The van der Waals surface area contributed by atoms with Gasteiger partial charge in [-0.2, -0.15) is 13.2 Å². The Morgan fingerprint density at radius 1 is 1.08 bits per heavy atom. The van der Waals surface area contributed by atoms with E-state index in [0.29, 0.717) is 11.8 Å². The number of thiocarbonyl (C=S) groups is 1. The Balaban J connectivity index is 2.26. The Morgan fingerprint density at radius 2 is 1.68 bits per heavy atom. The number of benzene rings is 2. The van der Waals surface area contributed by atoms with Crippen LogP contribution in [-0.2, 0) is 6.18 Å². The first-order chi connectivity index (χ1) is 11.6. The number of nitrogens with one attached hydrogen (secondary N) is 2. The summed E-state index contributed by atoms with van der Waals surface area (Å²) in [5.41, 5.74) is 0.399. The summed E-state index contributed by atoms with van der Waals surface area (Å²) in [4.78, 5) is 9.81. The van der Waals surface area contributed by atoms with Gasteiger partial charge in [-0.1, -0.05) is 6.07 Å². The molecule has 0 saturated carbocycles. The number of nitrogens with zero attached hydrogens (tertiary/aromatic N) is 1. The van der Waals surface area contributed by atoms with Crippen LogP contribution in [0.3, 0.4) is 0 Å². The van der Waals surface area contributed by atoms with Crippen molar-refractivity contribution in [3.8, 4) is 0 Å². The van der Waals surface area contributed by atoms with E-state index in [-0.39, 0.29) is 10.8 Å². The van der Waals surface area contributed by atoms with Crippen molar-refractivity contribution in [3.63, 3.8) is 0 Å². The zero-order valence-corrected chi connectivity index (χ0v) is 14.1. The molecule has 2 aromatic carbocycles. The van der Waals surface area contributed by atoms with Gasteiger partial charge in [0, 0.05) is 17.8 Å². The molecule has 0 unspecified atom stereocenters. The normalized spacial score (nSPS) is 11.1. The van der Waals surface area contributed by atoms with E-state index in [1.165, 1.54) is 0 Å². The van der Waals surface area contributed by atoms with Gasteiger partial charge in [0.15, 0.2) is 5.11 Å². The average molecular weight is 369 g/mol. The van der Waals surface area contributed by atoms with Gasteiger partial charge in [0.25, 0.3) is 5.69 Å². The molecule has 0 radical (unpaired) electrons. The van der Waals surface area contributed by atoms with E-state index >= 15 is 0 Å². The summed E-state index contributed by atoms with van der Waals surface area (Å²) in [6, 6.07) is 7.97. The van der Waals surface area contributed by atoms with Crippen molar-refractivity contribution in [2.75, 3.05) is 10.6 Å². The standard InChI is InChI=1S/C16H14F3N3O2S/c1-9-5-10(2)7-11(6-9)20-15(25)21-14-4-3-12(22(23)24)8-13(14)16(17,18)19/h3-8H,1-2H3,(H2,20,21,25). The second kappa shape index (κ2) is 7.06. The third kappa shape index (κ3) is 4.90. The molecule has 0 spiro atoms. The van der Waals surface area contributed by atoms with Crippen LogP contribution in [-0.4, -0.2) is 10.0 Å². The second-order valence-electron chi connectivity index (χ2n) is 5.44. The fourth-order valence-electron chi connectivity index (χ4n) is 2.32. The minimum Gasteiger partial charge on any atom is -0.332 e. The van der Waals surface area contributed by atoms with Gasteiger partial charge >= 0.3 is 6.18 Å². The SMILES string of the molecule is Cc1cc(C)cc(NC(=S)Nc2ccc([N+](=O)[O-])cc2C(F)(F)F)c1. The number of anilines is 2. The quantitative estimate of drug-likeness (QED) is 0.451. The fraction of sp³-hybridized carbons (Fsp3) is 0.188. The number of alkyl halides is 3. The van der Waals surface area contributed by atoms with Gasteiger partial charge < -0.3 is 10.6 Å². The van der Waals surface area contributed by atoms with E-state index in [1.54, 1.807) is 12.1 Å². The third-order valence-electron chi connectivity index (χ3n) is 3.25. The molecule has 0 atom stereocenters. The zero-order chi connectivity index (χ0) is 18.8. The van der Waals surface area contributed by atoms with Crippen LogP contribution in [0.1, 0.15) is 16.7 Å². The van der Waals surface area contributed by atoms with Gasteiger partial charge in [-0.15, -0.1) is 0 Å². The van der Waals surface area contributed by atoms with Crippen molar-refractivity contribution in [1.82, 2.24) is 0 Å². The highest BCUT2D eigenvalue weighted by Gasteiger charge is 2.35. The van der Waals surface area contributed by atoms with Crippen molar-refractivity contribution < 1.29 is 18.1 Å². The lowest BCUT2D eigenvalue weighted by molar-refractivity contribution is -0.385. The lowest BCUT2D eigenvalue weighted by Gasteiger charge is -2.16. The van der Waals surface area contributed by atoms with Gasteiger partial charge in [0.05, 0.1) is 16.2 Å². The highest BCUT2D eigenvalue weighted by molar-refractivity contribution is 7.80. The molecule has 0 aliphatic heterocycles. The summed E-state index contributed by atoms with van der Waals surface area (Å²) in [5.74, 6) is 0. The number of halogens is 3. The molecular weight excluding hydrogens is 355 g/mol. The maximum absolute atomic E-state index is 13.1. The second-order valence-corrected chi connectivity index (χ2v) is 5.85. The summed E-state index contributed by atoms with van der Waals surface area (Å²) in [7, 11) is 0. The Hall–Kier alpha value is -2.68. The number of aryl methyl sites for hydroxylation is 2. The highest BCUT2D eigenvalue weighted by Crippen LogP contribution is 2.37. The highest BCUT2D eigenvalue weighted by atomic mass is 32.1. The molecular formula is C16H14F3N3O2S. The zero-order valence-electron chi connectivity index (χ0n) is 13.3. The Morgan fingerprint density at radius 3 is 2.20 bits per heavy atom. The predicted molar refractivity (Wildman–Crippen MR) is 93.9 cm³/mol. The molecule has 0 aromatic heterocycles. The molecule has 132 valence electrons. The van der Waals surface area contributed by atoms with Crippen LogP contribution in [0, 0.1) is 24.0 Å². The van der Waals surface area contributed by atoms with Gasteiger partial charge in [-0.3, -0.25) is 10.1 Å². The molecule has 0 heterocycles. The average Bonchev–Trinajstić information content (AvgIpc) is 2.44. The van der Waals surface area contributed by atoms with Crippen LogP contribution < -0.4 is 10.6 Å². The van der Waals surface area contributed by atoms with Crippen molar-refractivity contribution >= 4 is 34.4 Å². The summed E-state index contributed by atoms with van der Waals surface area (Å²) in [5, 5.41) is 15.9. The summed E-state index contributed by atoms with van der Waals surface area (Å²) in [6.07, 6.45) is -4.76. The molecule has 0 saturated heterocycles. The third-order valence-corrected chi connectivity index (χ3v) is 3.45. The molecule has 2 aromatic rings. The fourth-order valence-corrected chi connectivity index (χ4v) is 2.55. The number of hydrogen-bond acceptors (Lipinski definition) is 3. The monoisotopic (exact) mass is 369 g/mol. The van der Waals surface area contributed by atoms with Gasteiger partial charge in [0.2, 0.25) is 0 Å². The van der Waals surface area contributed by atoms with Crippen LogP contribution >= 0.6 is 12.2 Å². The lowest BCUT2D eigenvalue weighted by atomic mass is 10.1. The van der Waals surface area contributed by atoms with Gasteiger partial charge in [-0.05, 0) is 55.4 Å². The van der Waals surface area contributed by atoms with Gasteiger partial charge in [0.1, 0.15) is 0 Å². The Labute approximate surface area is 147 Å². The predicted octanol–water partition coefficient (Wildman–Crippen LogP) is 5.04. The molecule has 25 heavy (non-hydrogen) atoms. The maximum atomic E-state index is 13.1. The number of hydrogen-bond donors (Lipinski definition) is 2. The number of rotatable bonds is 3. The molecule has 0 bridgehead atoms. The molecule has 0 amide bonds. The molecule has 9 heteroatoms. The van der Waals surface area contributed by atoms with E-state index in [0.717, 1.165) is 23.3 Å². The lowest BCUT2D eigenvalue weighted by Crippen LogP contribution is -2.21. The van der Waals surface area contributed by atoms with Crippen molar-refractivity contribution in [2.45, 2.75) is 20.0 Å². The molecule has 0 aliphatic rings. The van der Waals surface area contributed by atoms with E-state index in [2.05, 4.69) is 10.6 Å². The van der Waals surface area contributed by atoms with E-state index < -0.39 is 22.4 Å². The first kappa shape index (κ1) is 18.7. The molecule has 0 fully saturated rings. The number of nitro benzene ring substituents is 1. The topological polar surface area (TPSA) is 67.2 Å². The smallest absolute Gasteiger partial charge is 0.332 e. The Kier molecular flexibility index (Phi) is 5.27. The molecule has 2 rings (SSSR count). The van der Waals surface area contributed by atoms with E-state index in [4.69, 9.17) is 12.2 Å². The van der Waals surface area contributed by atoms with Crippen LogP contribution in [0.15, 0.2) is 36.4 Å². The van der Waals surface area contributed by atoms with Gasteiger partial charge in [-0.25, -0.2) is 0 Å². The maximum Gasteiger partial charge on any atom is 0.418 e. The number of non-ortho nitro benzene ring substituents is 1. The van der Waals surface area contributed by atoms with E-state index in [1.807, 2.05) is 19.9 Å². The molecule has 5 nitrogen and oxygen atoms in total. The van der Waals surface area contributed by atoms with Crippen molar-refractivity contribution in [2.24, 2.45) is 0 Å². The van der Waals surface area contributed by atoms with Crippen LogP contribution in [0.2, 0.25) is 0 Å². The molecule has 2 N–H and O–H groups in total. The van der Waals surface area contributed by atoms with Crippen LogP contribution in [0.5, 0.6) is 0 Å². The summed E-state index contributed by atoms with van der Waals surface area (Å²) < 4.78 is 39.4. The van der Waals surface area contributed by atoms with Crippen molar-refractivity contribution in [3.05, 3.63) is 63.2 Å². The minimum atomic E-state index is -4.76.